The first kappa shape index (κ1) is 19.4. The highest BCUT2D eigenvalue weighted by molar-refractivity contribution is 7.99. The highest BCUT2D eigenvalue weighted by atomic mass is 32.2. The summed E-state index contributed by atoms with van der Waals surface area (Å²) in [6.45, 7) is 1.30. The summed E-state index contributed by atoms with van der Waals surface area (Å²) < 4.78 is 10.1. The second-order valence-electron chi connectivity index (χ2n) is 6.42. The molecule has 1 aliphatic heterocycles. The lowest BCUT2D eigenvalue weighted by atomic mass is 10.0. The van der Waals surface area contributed by atoms with E-state index in [1.807, 2.05) is 29.2 Å². The first-order chi connectivity index (χ1) is 13.2. The van der Waals surface area contributed by atoms with Gasteiger partial charge in [-0.3, -0.25) is 9.59 Å². The lowest BCUT2D eigenvalue weighted by Gasteiger charge is -2.32. The number of amides is 2. The lowest BCUT2D eigenvalue weighted by molar-refractivity contribution is -0.121. The van der Waals surface area contributed by atoms with Gasteiger partial charge in [0.2, 0.25) is 5.91 Å². The summed E-state index contributed by atoms with van der Waals surface area (Å²) in [5.41, 5.74) is 0.577. The molecule has 1 aromatic carbocycles. The molecule has 0 radical (unpaired) electrons. The summed E-state index contributed by atoms with van der Waals surface area (Å²) >= 11 is 1.65. The van der Waals surface area contributed by atoms with Crippen molar-refractivity contribution in [2.75, 3.05) is 26.0 Å². The average Bonchev–Trinajstić information content (AvgIpc) is 3.23. The molecule has 144 valence electrons. The number of hydrogen-bond donors (Lipinski definition) is 1. The van der Waals surface area contributed by atoms with E-state index in [0.29, 0.717) is 25.1 Å². The number of piperidine rings is 1. The molecule has 0 bridgehead atoms. The van der Waals surface area contributed by atoms with Crippen LogP contribution in [0, 0.1) is 0 Å². The fourth-order valence-electron chi connectivity index (χ4n) is 3.03. The van der Waals surface area contributed by atoms with Gasteiger partial charge >= 0.3 is 0 Å². The maximum absolute atomic E-state index is 12.3. The molecule has 2 amide bonds. The number of carbonyl (C=O) groups is 2. The van der Waals surface area contributed by atoms with Gasteiger partial charge in [-0.25, -0.2) is 0 Å². The predicted molar refractivity (Wildman–Crippen MR) is 104 cm³/mol. The van der Waals surface area contributed by atoms with Crippen LogP contribution in [0.4, 0.5) is 0 Å². The van der Waals surface area contributed by atoms with E-state index in [0.717, 1.165) is 29.2 Å². The van der Waals surface area contributed by atoms with Crippen molar-refractivity contribution >= 4 is 23.6 Å². The number of hydrogen-bond acceptors (Lipinski definition) is 5. The minimum Gasteiger partial charge on any atom is -0.497 e. The normalized spacial score (nSPS) is 14.8. The van der Waals surface area contributed by atoms with Gasteiger partial charge in [-0.15, -0.1) is 11.8 Å². The Morgan fingerprint density at radius 2 is 1.96 bits per heavy atom. The smallest absolute Gasteiger partial charge is 0.257 e. The first-order valence-corrected chi connectivity index (χ1v) is 10.0. The van der Waals surface area contributed by atoms with E-state index >= 15 is 0 Å². The number of benzene rings is 1. The maximum atomic E-state index is 12.3. The van der Waals surface area contributed by atoms with Crippen LogP contribution in [0.15, 0.2) is 52.2 Å². The number of nitrogens with one attached hydrogen (secondary N) is 1. The van der Waals surface area contributed by atoms with Gasteiger partial charge in [-0.1, -0.05) is 0 Å². The fraction of sp³-hybridized carbons (Fsp3) is 0.400. The van der Waals surface area contributed by atoms with Gasteiger partial charge in [-0.2, -0.15) is 0 Å². The van der Waals surface area contributed by atoms with Crippen LogP contribution in [0.5, 0.6) is 5.75 Å². The Morgan fingerprint density at radius 3 is 2.59 bits per heavy atom. The Labute approximate surface area is 163 Å². The number of ether oxygens (including phenoxy) is 1. The van der Waals surface area contributed by atoms with Gasteiger partial charge in [0.25, 0.3) is 5.91 Å². The minimum absolute atomic E-state index is 0.00980. The quantitative estimate of drug-likeness (QED) is 0.738. The molecule has 0 aliphatic carbocycles. The van der Waals surface area contributed by atoms with E-state index in [1.54, 1.807) is 24.9 Å². The summed E-state index contributed by atoms with van der Waals surface area (Å²) in [7, 11) is 1.64. The van der Waals surface area contributed by atoms with Crippen LogP contribution in [0.2, 0.25) is 0 Å². The molecule has 27 heavy (non-hydrogen) atoms. The topological polar surface area (TPSA) is 71.8 Å². The number of likely N-dealkylation sites (tertiary alicyclic amines) is 1. The van der Waals surface area contributed by atoms with Gasteiger partial charge in [0, 0.05) is 36.2 Å². The zero-order chi connectivity index (χ0) is 19.1. The molecule has 3 rings (SSSR count). The Kier molecular flexibility index (Phi) is 6.81. The molecule has 0 saturated carbocycles. The van der Waals surface area contributed by atoms with Gasteiger partial charge in [0.1, 0.15) is 12.0 Å². The molecule has 1 N–H and O–H groups in total. The molecule has 0 atom stereocenters. The molecule has 7 heteroatoms. The molecule has 0 unspecified atom stereocenters. The summed E-state index contributed by atoms with van der Waals surface area (Å²) in [5.74, 6) is 1.62. The van der Waals surface area contributed by atoms with Crippen molar-refractivity contribution in [1.29, 1.82) is 0 Å². The Balaban J connectivity index is 1.35. The molecule has 0 spiro atoms. The minimum atomic E-state index is -0.00980. The van der Waals surface area contributed by atoms with E-state index in [4.69, 9.17) is 9.15 Å². The SMILES string of the molecule is COc1ccc(SCCC(=O)NC2CCN(C(=O)c3ccoc3)CC2)cc1. The van der Waals surface area contributed by atoms with Crippen molar-refractivity contribution in [2.24, 2.45) is 0 Å². The number of nitrogens with zero attached hydrogens (tertiary/aromatic N) is 1. The third-order valence-corrected chi connectivity index (χ3v) is 5.59. The van der Waals surface area contributed by atoms with Crippen molar-refractivity contribution in [1.82, 2.24) is 10.2 Å². The molecule has 1 aliphatic rings. The van der Waals surface area contributed by atoms with E-state index in [1.165, 1.54) is 12.5 Å². The molecule has 1 fully saturated rings. The average molecular weight is 388 g/mol. The highest BCUT2D eigenvalue weighted by Crippen LogP contribution is 2.22. The van der Waals surface area contributed by atoms with Crippen molar-refractivity contribution in [2.45, 2.75) is 30.2 Å². The summed E-state index contributed by atoms with van der Waals surface area (Å²) in [5, 5.41) is 3.09. The van der Waals surface area contributed by atoms with Crippen molar-refractivity contribution in [3.05, 3.63) is 48.4 Å². The summed E-state index contributed by atoms with van der Waals surface area (Å²) in [4.78, 5) is 27.4. The second kappa shape index (κ2) is 9.50. The first-order valence-electron chi connectivity index (χ1n) is 9.03. The lowest BCUT2D eigenvalue weighted by Crippen LogP contribution is -2.46. The van der Waals surface area contributed by atoms with Crippen LogP contribution in [-0.4, -0.2) is 48.7 Å². The summed E-state index contributed by atoms with van der Waals surface area (Å²) in [6.07, 6.45) is 5.01. The van der Waals surface area contributed by atoms with Crippen LogP contribution in [0.3, 0.4) is 0 Å². The third kappa shape index (κ3) is 5.53. The van der Waals surface area contributed by atoms with Crippen LogP contribution >= 0.6 is 11.8 Å². The van der Waals surface area contributed by atoms with Crippen molar-refractivity contribution in [3.8, 4) is 5.75 Å². The molecule has 1 saturated heterocycles. The zero-order valence-corrected chi connectivity index (χ0v) is 16.2. The van der Waals surface area contributed by atoms with Crippen LogP contribution in [0.25, 0.3) is 0 Å². The number of carbonyl (C=O) groups excluding carboxylic acids is 2. The number of furan rings is 1. The fourth-order valence-corrected chi connectivity index (χ4v) is 3.88. The van der Waals surface area contributed by atoms with Gasteiger partial charge in [0.05, 0.1) is 18.9 Å². The van der Waals surface area contributed by atoms with Crippen LogP contribution in [-0.2, 0) is 4.79 Å². The van der Waals surface area contributed by atoms with Crippen molar-refractivity contribution in [3.63, 3.8) is 0 Å². The standard InChI is InChI=1S/C20H24N2O4S/c1-25-17-2-4-18(5-3-17)27-13-9-19(23)21-16-6-10-22(11-7-16)20(24)15-8-12-26-14-15/h2-5,8,12,14,16H,6-7,9-11,13H2,1H3,(H,21,23). The monoisotopic (exact) mass is 388 g/mol. The molecular formula is C20H24N2O4S. The largest absolute Gasteiger partial charge is 0.497 e. The zero-order valence-electron chi connectivity index (χ0n) is 15.3. The third-order valence-electron chi connectivity index (χ3n) is 4.57. The Morgan fingerprint density at radius 1 is 1.22 bits per heavy atom. The van der Waals surface area contributed by atoms with Gasteiger partial charge < -0.3 is 19.4 Å². The second-order valence-corrected chi connectivity index (χ2v) is 7.59. The summed E-state index contributed by atoms with van der Waals surface area (Å²) in [6, 6.07) is 9.64. The van der Waals surface area contributed by atoms with E-state index in [-0.39, 0.29) is 17.9 Å². The number of thioether (sulfide) groups is 1. The number of rotatable bonds is 7. The molecular weight excluding hydrogens is 364 g/mol. The van der Waals surface area contributed by atoms with Crippen molar-refractivity contribution < 1.29 is 18.7 Å². The molecule has 2 heterocycles. The maximum Gasteiger partial charge on any atom is 0.257 e. The number of methoxy groups -OCH3 is 1. The van der Waals surface area contributed by atoms with Gasteiger partial charge in [0.15, 0.2) is 0 Å². The molecule has 6 nitrogen and oxygen atoms in total. The van der Waals surface area contributed by atoms with Crippen LogP contribution in [0.1, 0.15) is 29.6 Å². The highest BCUT2D eigenvalue weighted by Gasteiger charge is 2.24. The van der Waals surface area contributed by atoms with E-state index < -0.39 is 0 Å². The predicted octanol–water partition coefficient (Wildman–Crippen LogP) is 3.19. The van der Waals surface area contributed by atoms with Crippen LogP contribution < -0.4 is 10.1 Å². The van der Waals surface area contributed by atoms with Gasteiger partial charge in [-0.05, 0) is 43.2 Å². The van der Waals surface area contributed by atoms with E-state index in [9.17, 15) is 9.59 Å². The van der Waals surface area contributed by atoms with E-state index in [2.05, 4.69) is 5.32 Å². The Bertz CT molecular complexity index is 738. The molecule has 2 aromatic rings. The Hall–Kier alpha value is -2.41. The molecule has 1 aromatic heterocycles.